The van der Waals surface area contributed by atoms with Crippen LogP contribution in [0.4, 0.5) is 0 Å². The van der Waals surface area contributed by atoms with Crippen molar-refractivity contribution in [2.45, 2.75) is 51.0 Å². The molecule has 3 heterocycles. The number of aromatic nitrogens is 1. The molecule has 3 rings (SSSR count). The maximum Gasteiger partial charge on any atom is 0.248 e. The number of rotatable bonds is 3. The highest BCUT2D eigenvalue weighted by Gasteiger charge is 2.30. The molecule has 2 aliphatic rings. The first kappa shape index (κ1) is 16.2. The van der Waals surface area contributed by atoms with Crippen molar-refractivity contribution in [2.24, 2.45) is 0 Å². The molecule has 1 amide bonds. The second-order valence-electron chi connectivity index (χ2n) is 6.86. The van der Waals surface area contributed by atoms with E-state index in [0.717, 1.165) is 44.6 Å². The number of hydrogen-bond acceptors (Lipinski definition) is 3. The van der Waals surface area contributed by atoms with Crippen molar-refractivity contribution in [3.05, 3.63) is 34.2 Å². The molecule has 0 aliphatic carbocycles. The van der Waals surface area contributed by atoms with Gasteiger partial charge in [-0.05, 0) is 63.2 Å². The van der Waals surface area contributed by atoms with Crippen molar-refractivity contribution in [3.8, 4) is 0 Å². The van der Waals surface area contributed by atoms with Gasteiger partial charge < -0.3 is 9.88 Å². The predicted octanol–water partition coefficient (Wildman–Crippen LogP) is 1.96. The highest BCUT2D eigenvalue weighted by atomic mass is 16.2. The number of carbonyl (C=O) groups is 1. The van der Waals surface area contributed by atoms with Crippen LogP contribution in [0.2, 0.25) is 0 Å². The lowest BCUT2D eigenvalue weighted by molar-refractivity contribution is -0.137. The molecular formula is C18H27N3O2. The summed E-state index contributed by atoms with van der Waals surface area (Å²) < 4.78 is 0. The molecule has 2 aliphatic heterocycles. The fraction of sp³-hybridized carbons (Fsp3) is 0.667. The van der Waals surface area contributed by atoms with Gasteiger partial charge in [-0.3, -0.25) is 14.5 Å². The van der Waals surface area contributed by atoms with Gasteiger partial charge in [0, 0.05) is 25.4 Å². The number of hydrogen-bond donors (Lipinski definition) is 1. The Morgan fingerprint density at radius 3 is 2.52 bits per heavy atom. The largest absolute Gasteiger partial charge is 0.341 e. The van der Waals surface area contributed by atoms with Crippen LogP contribution in [0.3, 0.4) is 0 Å². The Balaban J connectivity index is 1.55. The molecule has 1 N–H and O–H groups in total. The third-order valence-corrected chi connectivity index (χ3v) is 5.37. The van der Waals surface area contributed by atoms with Crippen molar-refractivity contribution in [1.29, 1.82) is 0 Å². The van der Waals surface area contributed by atoms with Crippen LogP contribution in [-0.2, 0) is 4.79 Å². The van der Waals surface area contributed by atoms with E-state index in [2.05, 4.69) is 16.8 Å². The second-order valence-corrected chi connectivity index (χ2v) is 6.86. The van der Waals surface area contributed by atoms with Crippen LogP contribution in [0, 0.1) is 0 Å². The zero-order valence-electron chi connectivity index (χ0n) is 14.0. The summed E-state index contributed by atoms with van der Waals surface area (Å²) in [6.45, 7) is 5.76. The number of carbonyl (C=O) groups excluding carboxylic acids is 1. The topological polar surface area (TPSA) is 56.4 Å². The first-order chi connectivity index (χ1) is 11.1. The van der Waals surface area contributed by atoms with Gasteiger partial charge in [-0.1, -0.05) is 6.42 Å². The molecule has 126 valence electrons. The normalized spacial score (nSPS) is 22.0. The highest BCUT2D eigenvalue weighted by Crippen LogP contribution is 2.27. The van der Waals surface area contributed by atoms with E-state index in [0.29, 0.717) is 5.92 Å². The Bertz CT molecular complexity index is 584. The van der Waals surface area contributed by atoms with Crippen LogP contribution in [0.1, 0.15) is 50.5 Å². The summed E-state index contributed by atoms with van der Waals surface area (Å²) >= 11 is 0. The fourth-order valence-electron chi connectivity index (χ4n) is 3.87. The van der Waals surface area contributed by atoms with Crippen molar-refractivity contribution in [1.82, 2.24) is 14.8 Å². The molecule has 0 spiro atoms. The van der Waals surface area contributed by atoms with E-state index in [1.807, 2.05) is 11.0 Å². The highest BCUT2D eigenvalue weighted by molar-refractivity contribution is 5.81. The SMILES string of the molecule is CC(C(=O)N1CCC(c2cc[nH]c(=O)c2)CC1)N1CCCCC1. The van der Waals surface area contributed by atoms with Gasteiger partial charge in [0.25, 0.3) is 0 Å². The smallest absolute Gasteiger partial charge is 0.248 e. The van der Waals surface area contributed by atoms with Gasteiger partial charge in [-0.15, -0.1) is 0 Å². The van der Waals surface area contributed by atoms with Crippen LogP contribution in [-0.4, -0.2) is 52.9 Å². The lowest BCUT2D eigenvalue weighted by Gasteiger charge is -2.38. The molecule has 1 aromatic rings. The minimum Gasteiger partial charge on any atom is -0.341 e. The van der Waals surface area contributed by atoms with E-state index in [1.54, 1.807) is 12.3 Å². The van der Waals surface area contributed by atoms with Crippen molar-refractivity contribution in [2.75, 3.05) is 26.2 Å². The molecule has 1 aromatic heterocycles. The Morgan fingerprint density at radius 1 is 1.17 bits per heavy atom. The minimum atomic E-state index is -0.0419. The summed E-state index contributed by atoms with van der Waals surface area (Å²) in [5, 5.41) is 0. The van der Waals surface area contributed by atoms with Gasteiger partial charge in [0.05, 0.1) is 6.04 Å². The predicted molar refractivity (Wildman–Crippen MR) is 90.5 cm³/mol. The molecule has 0 aromatic carbocycles. The number of piperidine rings is 2. The quantitative estimate of drug-likeness (QED) is 0.927. The van der Waals surface area contributed by atoms with Crippen LogP contribution < -0.4 is 5.56 Å². The molecule has 0 bridgehead atoms. The minimum absolute atomic E-state index is 0.00594. The van der Waals surface area contributed by atoms with Crippen LogP contribution in [0.25, 0.3) is 0 Å². The molecule has 5 heteroatoms. The zero-order chi connectivity index (χ0) is 16.2. The summed E-state index contributed by atoms with van der Waals surface area (Å²) in [4.78, 5) is 31.2. The van der Waals surface area contributed by atoms with Crippen LogP contribution in [0.5, 0.6) is 0 Å². The number of amides is 1. The average Bonchev–Trinajstić information content (AvgIpc) is 2.61. The maximum absolute atomic E-state index is 12.7. The molecule has 23 heavy (non-hydrogen) atoms. The molecule has 0 saturated carbocycles. The summed E-state index contributed by atoms with van der Waals surface area (Å²) in [6.07, 6.45) is 7.32. The fourth-order valence-corrected chi connectivity index (χ4v) is 3.87. The van der Waals surface area contributed by atoms with Gasteiger partial charge in [-0.2, -0.15) is 0 Å². The molecule has 2 saturated heterocycles. The first-order valence-corrected chi connectivity index (χ1v) is 8.86. The monoisotopic (exact) mass is 317 g/mol. The number of nitrogens with one attached hydrogen (secondary N) is 1. The van der Waals surface area contributed by atoms with E-state index in [1.165, 1.54) is 19.3 Å². The average molecular weight is 317 g/mol. The molecule has 1 unspecified atom stereocenters. The Morgan fingerprint density at radius 2 is 1.87 bits per heavy atom. The van der Waals surface area contributed by atoms with E-state index < -0.39 is 0 Å². The lowest BCUT2D eigenvalue weighted by Crippen LogP contribution is -2.50. The molecular weight excluding hydrogens is 290 g/mol. The Hall–Kier alpha value is -1.62. The Kier molecular flexibility index (Phi) is 5.16. The number of aromatic amines is 1. The summed E-state index contributed by atoms with van der Waals surface area (Å²) in [5.41, 5.74) is 1.06. The lowest BCUT2D eigenvalue weighted by atomic mass is 9.90. The van der Waals surface area contributed by atoms with Crippen molar-refractivity contribution >= 4 is 5.91 Å². The zero-order valence-corrected chi connectivity index (χ0v) is 14.0. The Labute approximate surface area is 137 Å². The first-order valence-electron chi connectivity index (χ1n) is 8.86. The van der Waals surface area contributed by atoms with E-state index in [-0.39, 0.29) is 17.5 Å². The number of H-pyrrole nitrogens is 1. The van der Waals surface area contributed by atoms with E-state index >= 15 is 0 Å². The second kappa shape index (κ2) is 7.30. The van der Waals surface area contributed by atoms with Gasteiger partial charge in [0.2, 0.25) is 11.5 Å². The number of pyridine rings is 1. The molecule has 1 atom stereocenters. The maximum atomic E-state index is 12.7. The molecule has 2 fully saturated rings. The molecule has 5 nitrogen and oxygen atoms in total. The summed E-state index contributed by atoms with van der Waals surface area (Å²) in [5.74, 6) is 0.669. The van der Waals surface area contributed by atoms with E-state index in [9.17, 15) is 9.59 Å². The summed E-state index contributed by atoms with van der Waals surface area (Å²) in [6, 6.07) is 3.68. The standard InChI is InChI=1S/C18H27N3O2/c1-14(20-9-3-2-4-10-20)18(23)21-11-6-15(7-12-21)16-5-8-19-17(22)13-16/h5,8,13-15H,2-4,6-7,9-12H2,1H3,(H,19,22). The van der Waals surface area contributed by atoms with Gasteiger partial charge in [-0.25, -0.2) is 0 Å². The van der Waals surface area contributed by atoms with Gasteiger partial charge in [0.1, 0.15) is 0 Å². The number of nitrogens with zero attached hydrogens (tertiary/aromatic N) is 2. The van der Waals surface area contributed by atoms with Gasteiger partial charge in [0.15, 0.2) is 0 Å². The third kappa shape index (κ3) is 3.83. The summed E-state index contributed by atoms with van der Waals surface area (Å²) in [7, 11) is 0. The van der Waals surface area contributed by atoms with Crippen LogP contribution in [0.15, 0.2) is 23.1 Å². The van der Waals surface area contributed by atoms with Gasteiger partial charge >= 0.3 is 0 Å². The molecule has 0 radical (unpaired) electrons. The van der Waals surface area contributed by atoms with E-state index in [4.69, 9.17) is 0 Å². The third-order valence-electron chi connectivity index (χ3n) is 5.37. The van der Waals surface area contributed by atoms with Crippen LogP contribution >= 0.6 is 0 Å². The van der Waals surface area contributed by atoms with Crippen molar-refractivity contribution < 1.29 is 4.79 Å². The van der Waals surface area contributed by atoms with Crippen molar-refractivity contribution in [3.63, 3.8) is 0 Å². The number of likely N-dealkylation sites (tertiary alicyclic amines) is 2.